The van der Waals surface area contributed by atoms with E-state index in [1.165, 1.54) is 11.3 Å². The van der Waals surface area contributed by atoms with Crippen LogP contribution in [0.2, 0.25) is 0 Å². The summed E-state index contributed by atoms with van der Waals surface area (Å²) in [6.07, 6.45) is 2.17. The number of hydrogen-bond donors (Lipinski definition) is 0. The topological polar surface area (TPSA) is 34.2 Å². The number of benzene rings is 1. The molecule has 0 fully saturated rings. The lowest BCUT2D eigenvalue weighted by Crippen LogP contribution is -2.38. The first-order chi connectivity index (χ1) is 10.8. The van der Waals surface area contributed by atoms with Crippen molar-refractivity contribution in [1.29, 1.82) is 0 Å². The molecular weight excluding hydrogens is 274 g/mol. The smallest absolute Gasteiger partial charge is 0.133 e. The molecular formula is C18H19N3O. The fourth-order valence-corrected chi connectivity index (χ4v) is 3.32. The quantitative estimate of drug-likeness (QED) is 0.742. The summed E-state index contributed by atoms with van der Waals surface area (Å²) in [5.74, 6) is 0.867. The molecule has 1 aliphatic rings. The van der Waals surface area contributed by atoms with Crippen LogP contribution in [0.3, 0.4) is 0 Å². The summed E-state index contributed by atoms with van der Waals surface area (Å²) in [6.45, 7) is 4.77. The fourth-order valence-electron chi connectivity index (χ4n) is 3.32. The van der Waals surface area contributed by atoms with Crippen LogP contribution in [0, 0.1) is 6.92 Å². The van der Waals surface area contributed by atoms with Crippen LogP contribution >= 0.6 is 0 Å². The molecule has 22 heavy (non-hydrogen) atoms. The summed E-state index contributed by atoms with van der Waals surface area (Å²) in [5.41, 5.74) is 3.67. The molecule has 0 saturated heterocycles. The van der Waals surface area contributed by atoms with E-state index in [4.69, 9.17) is 4.52 Å². The molecule has 1 atom stereocenters. The van der Waals surface area contributed by atoms with E-state index in [9.17, 15) is 0 Å². The van der Waals surface area contributed by atoms with Gasteiger partial charge in [0.15, 0.2) is 0 Å². The molecule has 4 rings (SSSR count). The van der Waals surface area contributed by atoms with E-state index in [1.54, 1.807) is 0 Å². The van der Waals surface area contributed by atoms with Gasteiger partial charge in [0.25, 0.3) is 0 Å². The molecule has 0 radical (unpaired) electrons. The average molecular weight is 293 g/mol. The molecule has 0 amide bonds. The fraction of sp³-hybridized carbons (Fsp3) is 0.278. The molecule has 3 aromatic rings. The highest BCUT2D eigenvalue weighted by Crippen LogP contribution is 2.33. The molecule has 3 heterocycles. The van der Waals surface area contributed by atoms with Crippen LogP contribution in [-0.4, -0.2) is 21.2 Å². The normalized spacial score (nSPS) is 18.3. The SMILES string of the molecule is Cc1cc(CN2CCn3cccc3C2c2ccccc2)no1. The minimum Gasteiger partial charge on any atom is -0.361 e. The molecule has 4 nitrogen and oxygen atoms in total. The van der Waals surface area contributed by atoms with Crippen molar-refractivity contribution in [2.75, 3.05) is 6.54 Å². The molecule has 4 heteroatoms. The molecule has 0 saturated carbocycles. The number of rotatable bonds is 3. The summed E-state index contributed by atoms with van der Waals surface area (Å²) in [7, 11) is 0. The van der Waals surface area contributed by atoms with Gasteiger partial charge in [-0.25, -0.2) is 0 Å². The van der Waals surface area contributed by atoms with E-state index in [2.05, 4.69) is 63.3 Å². The number of aromatic nitrogens is 2. The number of fused-ring (bicyclic) bond motifs is 1. The Morgan fingerprint density at radius 1 is 1.14 bits per heavy atom. The molecule has 1 aromatic carbocycles. The Bertz CT molecular complexity index is 760. The van der Waals surface area contributed by atoms with E-state index in [1.807, 2.05) is 13.0 Å². The predicted molar refractivity (Wildman–Crippen MR) is 84.4 cm³/mol. The maximum absolute atomic E-state index is 5.22. The van der Waals surface area contributed by atoms with Crippen LogP contribution in [-0.2, 0) is 13.1 Å². The van der Waals surface area contributed by atoms with Crippen molar-refractivity contribution in [3.8, 4) is 0 Å². The van der Waals surface area contributed by atoms with Crippen LogP contribution in [0.5, 0.6) is 0 Å². The standard InChI is InChI=1S/C18H19N3O/c1-14-12-16(19-22-14)13-21-11-10-20-9-5-8-17(20)18(21)15-6-3-2-4-7-15/h2-9,12,18H,10-11,13H2,1H3. The highest BCUT2D eigenvalue weighted by molar-refractivity contribution is 5.30. The monoisotopic (exact) mass is 293 g/mol. The van der Waals surface area contributed by atoms with Crippen LogP contribution in [0.15, 0.2) is 59.3 Å². The summed E-state index contributed by atoms with van der Waals surface area (Å²) >= 11 is 0. The number of hydrogen-bond acceptors (Lipinski definition) is 3. The van der Waals surface area contributed by atoms with Gasteiger partial charge in [0, 0.05) is 37.6 Å². The maximum Gasteiger partial charge on any atom is 0.133 e. The molecule has 0 bridgehead atoms. The molecule has 2 aromatic heterocycles. The van der Waals surface area contributed by atoms with Gasteiger partial charge >= 0.3 is 0 Å². The van der Waals surface area contributed by atoms with E-state index in [0.29, 0.717) is 0 Å². The Labute approximate surface area is 130 Å². The third-order valence-corrected chi connectivity index (χ3v) is 4.30. The van der Waals surface area contributed by atoms with E-state index < -0.39 is 0 Å². The minimum absolute atomic E-state index is 0.266. The lowest BCUT2D eigenvalue weighted by Gasteiger charge is -2.36. The van der Waals surface area contributed by atoms with Crippen molar-refractivity contribution in [3.63, 3.8) is 0 Å². The van der Waals surface area contributed by atoms with Gasteiger partial charge < -0.3 is 9.09 Å². The molecule has 0 spiro atoms. The second-order valence-electron chi connectivity index (χ2n) is 5.84. The molecule has 1 unspecified atom stereocenters. The summed E-state index contributed by atoms with van der Waals surface area (Å²) < 4.78 is 7.57. The Morgan fingerprint density at radius 3 is 2.77 bits per heavy atom. The van der Waals surface area contributed by atoms with Gasteiger partial charge in [-0.1, -0.05) is 35.5 Å². The zero-order chi connectivity index (χ0) is 14.9. The van der Waals surface area contributed by atoms with Crippen LogP contribution in [0.25, 0.3) is 0 Å². The highest BCUT2D eigenvalue weighted by Gasteiger charge is 2.29. The first-order valence-corrected chi connectivity index (χ1v) is 7.67. The van der Waals surface area contributed by atoms with Gasteiger partial charge in [-0.05, 0) is 24.6 Å². The molecule has 112 valence electrons. The van der Waals surface area contributed by atoms with Crippen molar-refractivity contribution >= 4 is 0 Å². The van der Waals surface area contributed by atoms with Crippen molar-refractivity contribution < 1.29 is 4.52 Å². The number of aryl methyl sites for hydroxylation is 1. The van der Waals surface area contributed by atoms with Gasteiger partial charge in [0.05, 0.1) is 11.7 Å². The Hall–Kier alpha value is -2.33. The van der Waals surface area contributed by atoms with Crippen molar-refractivity contribution in [3.05, 3.63) is 77.4 Å². The second kappa shape index (κ2) is 5.46. The summed E-state index contributed by atoms with van der Waals surface area (Å²) in [5, 5.41) is 4.16. The largest absolute Gasteiger partial charge is 0.361 e. The zero-order valence-electron chi connectivity index (χ0n) is 12.6. The lowest BCUT2D eigenvalue weighted by atomic mass is 10.00. The van der Waals surface area contributed by atoms with Gasteiger partial charge in [0.1, 0.15) is 5.76 Å². The summed E-state index contributed by atoms with van der Waals surface area (Å²) in [4.78, 5) is 2.47. The predicted octanol–water partition coefficient (Wildman–Crippen LogP) is 3.39. The number of nitrogens with zero attached hydrogens (tertiary/aromatic N) is 3. The zero-order valence-corrected chi connectivity index (χ0v) is 12.6. The van der Waals surface area contributed by atoms with Crippen LogP contribution in [0.1, 0.15) is 28.8 Å². The van der Waals surface area contributed by atoms with Crippen LogP contribution in [0.4, 0.5) is 0 Å². The van der Waals surface area contributed by atoms with Crippen molar-refractivity contribution in [2.24, 2.45) is 0 Å². The van der Waals surface area contributed by atoms with Crippen molar-refractivity contribution in [2.45, 2.75) is 26.1 Å². The van der Waals surface area contributed by atoms with Gasteiger partial charge in [-0.15, -0.1) is 0 Å². The minimum atomic E-state index is 0.266. The lowest BCUT2D eigenvalue weighted by molar-refractivity contribution is 0.170. The van der Waals surface area contributed by atoms with Crippen molar-refractivity contribution in [1.82, 2.24) is 14.6 Å². The average Bonchev–Trinajstić information content (AvgIpc) is 3.17. The summed E-state index contributed by atoms with van der Waals surface area (Å²) in [6, 6.07) is 17.3. The van der Waals surface area contributed by atoms with Gasteiger partial charge in [0.2, 0.25) is 0 Å². The van der Waals surface area contributed by atoms with Gasteiger partial charge in [-0.2, -0.15) is 0 Å². The molecule has 1 aliphatic heterocycles. The van der Waals surface area contributed by atoms with E-state index in [0.717, 1.165) is 31.1 Å². The molecule has 0 aliphatic carbocycles. The Balaban J connectivity index is 1.71. The third-order valence-electron chi connectivity index (χ3n) is 4.30. The van der Waals surface area contributed by atoms with E-state index >= 15 is 0 Å². The van der Waals surface area contributed by atoms with Crippen LogP contribution < -0.4 is 0 Å². The Morgan fingerprint density at radius 2 is 2.00 bits per heavy atom. The maximum atomic E-state index is 5.22. The highest BCUT2D eigenvalue weighted by atomic mass is 16.5. The first-order valence-electron chi connectivity index (χ1n) is 7.67. The first kappa shape index (κ1) is 13.3. The van der Waals surface area contributed by atoms with E-state index in [-0.39, 0.29) is 6.04 Å². The van der Waals surface area contributed by atoms with Gasteiger partial charge in [-0.3, -0.25) is 4.90 Å². The third kappa shape index (κ3) is 2.35. The second-order valence-corrected chi connectivity index (χ2v) is 5.84. The molecule has 0 N–H and O–H groups in total. The Kier molecular flexibility index (Phi) is 3.31.